The second-order valence-corrected chi connectivity index (χ2v) is 9.34. The van der Waals surface area contributed by atoms with Crippen LogP contribution in [0.15, 0.2) is 42.1 Å². The van der Waals surface area contributed by atoms with Crippen LogP contribution in [0.3, 0.4) is 0 Å². The number of para-hydroxylation sites is 1. The molecule has 1 fully saturated rings. The normalized spacial score (nSPS) is 17.1. The van der Waals surface area contributed by atoms with Crippen molar-refractivity contribution >= 4 is 28.6 Å². The fourth-order valence-corrected chi connectivity index (χ4v) is 5.23. The first-order valence-corrected chi connectivity index (χ1v) is 12.7. The average Bonchev–Trinajstić information content (AvgIpc) is 2.94. The van der Waals surface area contributed by atoms with Crippen molar-refractivity contribution in [3.63, 3.8) is 0 Å². The number of methoxy groups -OCH3 is 3. The van der Waals surface area contributed by atoms with Crippen molar-refractivity contribution in [3.05, 3.63) is 47.7 Å². The molecule has 10 nitrogen and oxygen atoms in total. The van der Waals surface area contributed by atoms with Crippen LogP contribution in [0.1, 0.15) is 24.8 Å². The van der Waals surface area contributed by atoms with E-state index in [0.717, 1.165) is 30.5 Å². The van der Waals surface area contributed by atoms with Crippen LogP contribution in [-0.4, -0.2) is 67.8 Å². The summed E-state index contributed by atoms with van der Waals surface area (Å²) in [7, 11) is 4.76. The number of benzene rings is 2. The zero-order chi connectivity index (χ0) is 26.8. The largest absolute Gasteiger partial charge is 0.493 e. The maximum absolute atomic E-state index is 13.4. The van der Waals surface area contributed by atoms with Crippen LogP contribution in [0.2, 0.25) is 0 Å². The van der Waals surface area contributed by atoms with Crippen molar-refractivity contribution in [1.82, 2.24) is 14.9 Å². The number of carbonyl (C=O) groups excluding carboxylic acids is 1. The van der Waals surface area contributed by atoms with E-state index in [1.165, 1.54) is 0 Å². The van der Waals surface area contributed by atoms with Gasteiger partial charge in [0.05, 0.1) is 32.9 Å². The summed E-state index contributed by atoms with van der Waals surface area (Å²) in [5, 5.41) is 0.693. The second kappa shape index (κ2) is 10.6. The molecule has 2 aliphatic rings. The molecule has 38 heavy (non-hydrogen) atoms. The fourth-order valence-electron chi connectivity index (χ4n) is 5.23. The maximum Gasteiger partial charge on any atom is 0.261 e. The van der Waals surface area contributed by atoms with E-state index in [9.17, 15) is 4.79 Å². The van der Waals surface area contributed by atoms with Gasteiger partial charge in [0, 0.05) is 30.2 Å². The Morgan fingerprint density at radius 1 is 1.05 bits per heavy atom. The molecule has 1 atom stereocenters. The average molecular weight is 520 g/mol. The molecule has 2 N–H and O–H groups in total. The molecular weight excluding hydrogens is 486 g/mol. The zero-order valence-electron chi connectivity index (χ0n) is 22.2. The van der Waals surface area contributed by atoms with Gasteiger partial charge >= 0.3 is 0 Å². The predicted octanol–water partition coefficient (Wildman–Crippen LogP) is 3.71. The van der Waals surface area contributed by atoms with Gasteiger partial charge in [0.15, 0.2) is 29.6 Å². The summed E-state index contributed by atoms with van der Waals surface area (Å²) < 4.78 is 22.2. The van der Waals surface area contributed by atoms with Crippen LogP contribution >= 0.6 is 0 Å². The number of hydrogen-bond acceptors (Lipinski definition) is 9. The Kier molecular flexibility index (Phi) is 7.13. The third kappa shape index (κ3) is 4.62. The Balaban J connectivity index is 1.39. The molecule has 2 aromatic carbocycles. The van der Waals surface area contributed by atoms with Gasteiger partial charge in [-0.25, -0.2) is 4.98 Å². The highest BCUT2D eigenvalue weighted by atomic mass is 16.5. The minimum atomic E-state index is -0.0849. The summed E-state index contributed by atoms with van der Waals surface area (Å²) in [5.41, 5.74) is 8.97. The van der Waals surface area contributed by atoms with E-state index in [1.807, 2.05) is 30.0 Å². The third-order valence-electron chi connectivity index (χ3n) is 7.15. The van der Waals surface area contributed by atoms with Gasteiger partial charge in [-0.1, -0.05) is 18.2 Å². The SMILES string of the molecule is COc1cc2nc(N3CCN(C(=O)COc4c(C)cccc4OC)[C@@H]4CCCC=C43)nc(N)c2cc1OC. The van der Waals surface area contributed by atoms with Crippen molar-refractivity contribution in [1.29, 1.82) is 0 Å². The number of aryl methyl sites for hydroxylation is 1. The molecule has 0 radical (unpaired) electrons. The number of allylic oxidation sites excluding steroid dienone is 1. The minimum absolute atomic E-state index is 0.0634. The van der Waals surface area contributed by atoms with Crippen molar-refractivity contribution in [2.45, 2.75) is 32.2 Å². The molecule has 2 heterocycles. The highest BCUT2D eigenvalue weighted by molar-refractivity contribution is 5.92. The van der Waals surface area contributed by atoms with Gasteiger partial charge in [-0.3, -0.25) is 4.79 Å². The Labute approximate surface area is 221 Å². The van der Waals surface area contributed by atoms with E-state index in [4.69, 9.17) is 29.7 Å². The number of nitrogen functional groups attached to an aromatic ring is 1. The molecule has 200 valence electrons. The molecule has 1 saturated heterocycles. The van der Waals surface area contributed by atoms with Crippen LogP contribution in [-0.2, 0) is 4.79 Å². The van der Waals surface area contributed by atoms with E-state index >= 15 is 0 Å². The number of amides is 1. The second-order valence-electron chi connectivity index (χ2n) is 9.34. The van der Waals surface area contributed by atoms with Crippen LogP contribution in [0.5, 0.6) is 23.0 Å². The number of piperazine rings is 1. The molecule has 1 amide bonds. The van der Waals surface area contributed by atoms with Gasteiger partial charge in [0.25, 0.3) is 5.91 Å². The topological polar surface area (TPSA) is 112 Å². The Morgan fingerprint density at radius 3 is 2.58 bits per heavy atom. The van der Waals surface area contributed by atoms with Gasteiger partial charge in [-0.05, 0) is 43.9 Å². The first-order valence-electron chi connectivity index (χ1n) is 12.7. The van der Waals surface area contributed by atoms with E-state index < -0.39 is 0 Å². The van der Waals surface area contributed by atoms with E-state index in [0.29, 0.717) is 58.8 Å². The number of nitrogens with two attached hydrogens (primary N) is 1. The lowest BCUT2D eigenvalue weighted by atomic mass is 9.94. The standard InChI is InChI=1S/C28H33N5O5/c1-17-8-7-11-22(35-2)26(17)38-16-25(34)32-12-13-33(21-10-6-5-9-20(21)32)28-30-19-15-24(37-4)23(36-3)14-18(19)27(29)31-28/h7-8,10-11,14-15,20H,5-6,9,12-13,16H2,1-4H3,(H2,29,30,31)/t20-/m1/s1. The monoisotopic (exact) mass is 519 g/mol. The predicted molar refractivity (Wildman–Crippen MR) is 145 cm³/mol. The molecule has 1 aliphatic heterocycles. The number of anilines is 2. The number of hydrogen-bond donors (Lipinski definition) is 1. The lowest BCUT2D eigenvalue weighted by Gasteiger charge is -2.45. The third-order valence-corrected chi connectivity index (χ3v) is 7.15. The van der Waals surface area contributed by atoms with E-state index in [1.54, 1.807) is 33.5 Å². The maximum atomic E-state index is 13.4. The molecule has 3 aromatic rings. The van der Waals surface area contributed by atoms with E-state index in [-0.39, 0.29) is 18.6 Å². The molecule has 5 rings (SSSR count). The lowest BCUT2D eigenvalue weighted by Crippen LogP contribution is -2.55. The van der Waals surface area contributed by atoms with Crippen molar-refractivity contribution in [2.24, 2.45) is 0 Å². The summed E-state index contributed by atoms with van der Waals surface area (Å²) in [6.45, 7) is 2.93. The molecule has 1 aliphatic carbocycles. The summed E-state index contributed by atoms with van der Waals surface area (Å²) in [6, 6.07) is 9.17. The Morgan fingerprint density at radius 2 is 1.82 bits per heavy atom. The zero-order valence-corrected chi connectivity index (χ0v) is 22.2. The van der Waals surface area contributed by atoms with Crippen molar-refractivity contribution in [3.8, 4) is 23.0 Å². The molecule has 0 spiro atoms. The lowest BCUT2D eigenvalue weighted by molar-refractivity contribution is -0.135. The van der Waals surface area contributed by atoms with Crippen molar-refractivity contribution < 1.29 is 23.7 Å². The molecule has 0 bridgehead atoms. The quantitative estimate of drug-likeness (QED) is 0.499. The van der Waals surface area contributed by atoms with Gasteiger partial charge in [-0.2, -0.15) is 4.98 Å². The van der Waals surface area contributed by atoms with Crippen LogP contribution in [0.25, 0.3) is 10.9 Å². The summed E-state index contributed by atoms with van der Waals surface area (Å²) in [5.74, 6) is 3.14. The van der Waals surface area contributed by atoms with Crippen LogP contribution < -0.4 is 29.6 Å². The van der Waals surface area contributed by atoms with Crippen LogP contribution in [0, 0.1) is 6.92 Å². The van der Waals surface area contributed by atoms with Crippen molar-refractivity contribution in [2.75, 3.05) is 51.7 Å². The number of nitrogens with zero attached hydrogens (tertiary/aromatic N) is 4. The van der Waals surface area contributed by atoms with Gasteiger partial charge in [-0.15, -0.1) is 0 Å². The van der Waals surface area contributed by atoms with Gasteiger partial charge in [0.1, 0.15) is 5.82 Å². The molecule has 1 aromatic heterocycles. The number of ether oxygens (including phenoxy) is 4. The minimum Gasteiger partial charge on any atom is -0.493 e. The number of carbonyl (C=O) groups is 1. The number of rotatable bonds is 7. The smallest absolute Gasteiger partial charge is 0.261 e. The van der Waals surface area contributed by atoms with Gasteiger partial charge in [0.2, 0.25) is 5.95 Å². The molecule has 0 saturated carbocycles. The fraction of sp³-hybridized carbons (Fsp3) is 0.393. The Hall–Kier alpha value is -4.21. The Bertz CT molecular complexity index is 1390. The molecular formula is C28H33N5O5. The highest BCUT2D eigenvalue weighted by Gasteiger charge is 2.37. The highest BCUT2D eigenvalue weighted by Crippen LogP contribution is 2.37. The summed E-state index contributed by atoms with van der Waals surface area (Å²) in [4.78, 5) is 26.8. The molecule has 0 unspecified atom stereocenters. The van der Waals surface area contributed by atoms with Gasteiger partial charge < -0.3 is 34.5 Å². The first kappa shape index (κ1) is 25.4. The summed E-state index contributed by atoms with van der Waals surface area (Å²) >= 11 is 0. The molecule has 10 heteroatoms. The summed E-state index contributed by atoms with van der Waals surface area (Å²) in [6.07, 6.45) is 4.96. The number of fused-ring (bicyclic) bond motifs is 2. The van der Waals surface area contributed by atoms with Crippen LogP contribution in [0.4, 0.5) is 11.8 Å². The number of aromatic nitrogens is 2. The first-order chi connectivity index (χ1) is 18.4. The van der Waals surface area contributed by atoms with E-state index in [2.05, 4.69) is 16.0 Å².